The first kappa shape index (κ1) is 13.5. The van der Waals surface area contributed by atoms with Gasteiger partial charge in [0.1, 0.15) is 0 Å². The molecule has 0 saturated heterocycles. The van der Waals surface area contributed by atoms with Crippen molar-refractivity contribution in [3.05, 3.63) is 28.8 Å². The summed E-state index contributed by atoms with van der Waals surface area (Å²) in [6.45, 7) is 1.79. The number of benzene rings is 1. The molecule has 1 aromatic carbocycles. The Labute approximate surface area is 108 Å². The topological polar surface area (TPSA) is 57.9 Å². The zero-order valence-corrected chi connectivity index (χ0v) is 11.7. The van der Waals surface area contributed by atoms with Gasteiger partial charge in [0.05, 0.1) is 16.5 Å². The summed E-state index contributed by atoms with van der Waals surface area (Å²) in [5, 5.41) is 9.43. The minimum atomic E-state index is -3.81. The van der Waals surface area contributed by atoms with Gasteiger partial charge in [-0.05, 0) is 29.7 Å². The maximum atomic E-state index is 11.4. The van der Waals surface area contributed by atoms with Crippen molar-refractivity contribution >= 4 is 35.7 Å². The van der Waals surface area contributed by atoms with Crippen LogP contribution < -0.4 is 0 Å². The number of alkyl halides is 1. The molecule has 0 radical (unpaired) electrons. The molecule has 1 rings (SSSR count). The summed E-state index contributed by atoms with van der Waals surface area (Å²) in [5.74, 6) is 0. The SMILES string of the molecule is CCc1c(C#N)cc(CBr)cc1S(=O)(=O)Cl. The van der Waals surface area contributed by atoms with Gasteiger partial charge in [-0.15, -0.1) is 0 Å². The third-order valence-corrected chi connectivity index (χ3v) is 4.20. The van der Waals surface area contributed by atoms with E-state index in [1.54, 1.807) is 13.0 Å². The van der Waals surface area contributed by atoms with Gasteiger partial charge >= 0.3 is 0 Å². The molecule has 0 aliphatic rings. The summed E-state index contributed by atoms with van der Waals surface area (Å²) >= 11 is 3.22. The van der Waals surface area contributed by atoms with E-state index in [9.17, 15) is 8.42 Å². The molecule has 0 unspecified atom stereocenters. The van der Waals surface area contributed by atoms with E-state index in [1.807, 2.05) is 6.07 Å². The monoisotopic (exact) mass is 321 g/mol. The normalized spacial score (nSPS) is 11.1. The lowest BCUT2D eigenvalue weighted by Gasteiger charge is -2.08. The molecule has 0 aliphatic carbocycles. The smallest absolute Gasteiger partial charge is 0.207 e. The van der Waals surface area contributed by atoms with Crippen molar-refractivity contribution in [3.63, 3.8) is 0 Å². The molecule has 6 heteroatoms. The van der Waals surface area contributed by atoms with E-state index in [1.165, 1.54) is 6.07 Å². The van der Waals surface area contributed by atoms with E-state index in [0.717, 1.165) is 0 Å². The fraction of sp³-hybridized carbons (Fsp3) is 0.300. The highest BCUT2D eigenvalue weighted by Gasteiger charge is 2.18. The van der Waals surface area contributed by atoms with E-state index in [2.05, 4.69) is 15.9 Å². The van der Waals surface area contributed by atoms with Crippen LogP contribution in [0.5, 0.6) is 0 Å². The van der Waals surface area contributed by atoms with Crippen LogP contribution in [0.4, 0.5) is 0 Å². The number of hydrogen-bond donors (Lipinski definition) is 0. The number of hydrogen-bond acceptors (Lipinski definition) is 3. The van der Waals surface area contributed by atoms with Crippen molar-refractivity contribution in [2.75, 3.05) is 0 Å². The zero-order valence-electron chi connectivity index (χ0n) is 8.50. The third-order valence-electron chi connectivity index (χ3n) is 2.16. The Hall–Kier alpha value is -0.570. The lowest BCUT2D eigenvalue weighted by molar-refractivity contribution is 0.608. The van der Waals surface area contributed by atoms with Gasteiger partial charge in [-0.25, -0.2) is 8.42 Å². The lowest BCUT2D eigenvalue weighted by Crippen LogP contribution is -2.02. The van der Waals surface area contributed by atoms with Crippen LogP contribution in [0.1, 0.15) is 23.6 Å². The van der Waals surface area contributed by atoms with Gasteiger partial charge < -0.3 is 0 Å². The van der Waals surface area contributed by atoms with E-state index < -0.39 is 9.05 Å². The Morgan fingerprint density at radius 3 is 2.50 bits per heavy atom. The number of nitrogens with zero attached hydrogens (tertiary/aromatic N) is 1. The van der Waals surface area contributed by atoms with Gasteiger partial charge in [0.15, 0.2) is 0 Å². The van der Waals surface area contributed by atoms with Gasteiger partial charge in [-0.3, -0.25) is 0 Å². The minimum absolute atomic E-state index is 0.0326. The van der Waals surface area contributed by atoms with Crippen molar-refractivity contribution < 1.29 is 8.42 Å². The van der Waals surface area contributed by atoms with Crippen LogP contribution in [-0.2, 0) is 20.8 Å². The highest BCUT2D eigenvalue weighted by atomic mass is 79.9. The molecule has 0 aliphatic heterocycles. The predicted octanol–water partition coefficient (Wildman–Crippen LogP) is 2.94. The number of rotatable bonds is 3. The molecule has 1 aromatic rings. The summed E-state index contributed by atoms with van der Waals surface area (Å²) in [7, 11) is 1.54. The average Bonchev–Trinajstić information content (AvgIpc) is 2.25. The molecule has 0 bridgehead atoms. The molecule has 0 N–H and O–H groups in total. The quantitative estimate of drug-likeness (QED) is 0.635. The van der Waals surface area contributed by atoms with Crippen LogP contribution in [0.3, 0.4) is 0 Å². The molecule has 0 fully saturated rings. The Morgan fingerprint density at radius 1 is 1.50 bits per heavy atom. The van der Waals surface area contributed by atoms with E-state index >= 15 is 0 Å². The molecular weight excluding hydrogens is 314 g/mol. The predicted molar refractivity (Wildman–Crippen MR) is 66.2 cm³/mol. The summed E-state index contributed by atoms with van der Waals surface area (Å²) in [6.07, 6.45) is 0.451. The maximum Gasteiger partial charge on any atom is 0.261 e. The Bertz CT molecular complexity index is 549. The first-order chi connectivity index (χ1) is 7.43. The molecule has 86 valence electrons. The average molecular weight is 323 g/mol. The highest BCUT2D eigenvalue weighted by Crippen LogP contribution is 2.26. The summed E-state index contributed by atoms with van der Waals surface area (Å²) in [6, 6.07) is 5.15. The van der Waals surface area contributed by atoms with E-state index in [4.69, 9.17) is 15.9 Å². The molecule has 3 nitrogen and oxygen atoms in total. The minimum Gasteiger partial charge on any atom is -0.207 e. The van der Waals surface area contributed by atoms with E-state index in [-0.39, 0.29) is 4.90 Å². The van der Waals surface area contributed by atoms with Crippen molar-refractivity contribution in [3.8, 4) is 6.07 Å². The van der Waals surface area contributed by atoms with Gasteiger partial charge in [-0.2, -0.15) is 5.26 Å². The lowest BCUT2D eigenvalue weighted by atomic mass is 10.0. The van der Waals surface area contributed by atoms with Gasteiger partial charge in [0.2, 0.25) is 0 Å². The maximum absolute atomic E-state index is 11.4. The fourth-order valence-corrected chi connectivity index (χ4v) is 3.04. The van der Waals surface area contributed by atoms with Crippen LogP contribution in [0.2, 0.25) is 0 Å². The highest BCUT2D eigenvalue weighted by molar-refractivity contribution is 9.08. The van der Waals surface area contributed by atoms with Crippen LogP contribution in [-0.4, -0.2) is 8.42 Å². The molecule has 0 amide bonds. The molecule has 16 heavy (non-hydrogen) atoms. The van der Waals surface area contributed by atoms with Crippen LogP contribution in [0, 0.1) is 11.3 Å². The van der Waals surface area contributed by atoms with Crippen molar-refractivity contribution in [2.24, 2.45) is 0 Å². The summed E-state index contributed by atoms with van der Waals surface area (Å²) < 4.78 is 22.8. The first-order valence-electron chi connectivity index (χ1n) is 4.50. The Kier molecular flexibility index (Phi) is 4.36. The number of halogens is 2. The van der Waals surface area contributed by atoms with Crippen LogP contribution >= 0.6 is 26.6 Å². The van der Waals surface area contributed by atoms with Crippen molar-refractivity contribution in [2.45, 2.75) is 23.6 Å². The van der Waals surface area contributed by atoms with Crippen LogP contribution in [0.15, 0.2) is 17.0 Å². The van der Waals surface area contributed by atoms with Crippen LogP contribution in [0.25, 0.3) is 0 Å². The second-order valence-corrected chi connectivity index (χ2v) is 6.25. The molecule has 0 atom stereocenters. The molecule has 0 heterocycles. The zero-order chi connectivity index (χ0) is 12.3. The largest absolute Gasteiger partial charge is 0.261 e. The van der Waals surface area contributed by atoms with Crippen molar-refractivity contribution in [1.29, 1.82) is 5.26 Å². The van der Waals surface area contributed by atoms with Crippen molar-refractivity contribution in [1.82, 2.24) is 0 Å². The number of nitriles is 1. The molecule has 0 saturated carbocycles. The molecular formula is C10H9BrClNO2S. The summed E-state index contributed by atoms with van der Waals surface area (Å²) in [5.41, 5.74) is 1.55. The molecule has 0 spiro atoms. The first-order valence-corrected chi connectivity index (χ1v) is 7.93. The summed E-state index contributed by atoms with van der Waals surface area (Å²) in [4.78, 5) is 0.0326. The second-order valence-electron chi connectivity index (χ2n) is 3.16. The Morgan fingerprint density at radius 2 is 2.12 bits per heavy atom. The van der Waals surface area contributed by atoms with Gasteiger partial charge in [0.25, 0.3) is 9.05 Å². The Balaban J connectivity index is 3.65. The van der Waals surface area contributed by atoms with Gasteiger partial charge in [0, 0.05) is 16.0 Å². The third kappa shape index (κ3) is 2.76. The standard InChI is InChI=1S/C10H9BrClNO2S/c1-2-9-8(6-13)3-7(5-11)4-10(9)16(12,14)15/h3-4H,2,5H2,1H3. The van der Waals surface area contributed by atoms with Gasteiger partial charge in [-0.1, -0.05) is 22.9 Å². The molecule has 0 aromatic heterocycles. The fourth-order valence-electron chi connectivity index (χ4n) is 1.46. The van der Waals surface area contributed by atoms with E-state index in [0.29, 0.717) is 28.4 Å². The second kappa shape index (κ2) is 5.17.